The van der Waals surface area contributed by atoms with Crippen molar-refractivity contribution in [2.75, 3.05) is 13.2 Å². The normalized spacial score (nSPS) is 12.2. The van der Waals surface area contributed by atoms with E-state index >= 15 is 0 Å². The molecule has 0 aromatic carbocycles. The van der Waals surface area contributed by atoms with E-state index in [-0.39, 0.29) is 31.1 Å². The molecule has 0 aromatic rings. The highest BCUT2D eigenvalue weighted by Crippen LogP contribution is 2.19. The van der Waals surface area contributed by atoms with Crippen molar-refractivity contribution < 1.29 is 28.6 Å². The van der Waals surface area contributed by atoms with Gasteiger partial charge in [-0.3, -0.25) is 14.4 Å². The van der Waals surface area contributed by atoms with Gasteiger partial charge >= 0.3 is 17.9 Å². The number of unbranched alkanes of at least 4 members (excludes halogenated alkanes) is 50. The zero-order chi connectivity index (χ0) is 57.8. The van der Waals surface area contributed by atoms with Crippen molar-refractivity contribution in [3.05, 3.63) is 36.5 Å². The summed E-state index contributed by atoms with van der Waals surface area (Å²) in [7, 11) is 0. The summed E-state index contributed by atoms with van der Waals surface area (Å²) >= 11 is 0. The first-order valence-electron chi connectivity index (χ1n) is 36.0. The Hall–Kier alpha value is -2.37. The number of ether oxygens (including phenoxy) is 3. The lowest BCUT2D eigenvalue weighted by Gasteiger charge is -2.18. The van der Waals surface area contributed by atoms with Crippen molar-refractivity contribution in [1.82, 2.24) is 0 Å². The molecule has 6 heteroatoms. The Kier molecular flexibility index (Phi) is 67.1. The second kappa shape index (κ2) is 69.1. The Morgan fingerprint density at radius 2 is 0.450 bits per heavy atom. The van der Waals surface area contributed by atoms with E-state index in [2.05, 4.69) is 57.2 Å². The van der Waals surface area contributed by atoms with Crippen LogP contribution in [-0.2, 0) is 28.6 Å². The van der Waals surface area contributed by atoms with E-state index in [1.807, 2.05) is 0 Å². The van der Waals surface area contributed by atoms with Gasteiger partial charge in [0.2, 0.25) is 0 Å². The number of hydrogen-bond donors (Lipinski definition) is 0. The summed E-state index contributed by atoms with van der Waals surface area (Å²) in [5.74, 6) is -0.851. The van der Waals surface area contributed by atoms with Crippen LogP contribution in [-0.4, -0.2) is 37.2 Å². The van der Waals surface area contributed by atoms with Crippen LogP contribution >= 0.6 is 0 Å². The van der Waals surface area contributed by atoms with Crippen molar-refractivity contribution in [2.45, 2.75) is 406 Å². The molecule has 0 N–H and O–H groups in total. The van der Waals surface area contributed by atoms with Gasteiger partial charge in [0.05, 0.1) is 0 Å². The molecule has 0 aliphatic rings. The summed E-state index contributed by atoms with van der Waals surface area (Å²) in [5, 5.41) is 0. The molecule has 80 heavy (non-hydrogen) atoms. The quantitative estimate of drug-likeness (QED) is 0.0261. The number of esters is 3. The Morgan fingerprint density at radius 3 is 0.700 bits per heavy atom. The minimum Gasteiger partial charge on any atom is -0.462 e. The van der Waals surface area contributed by atoms with Gasteiger partial charge in [-0.05, 0) is 57.8 Å². The maximum Gasteiger partial charge on any atom is 0.306 e. The molecule has 0 saturated heterocycles. The van der Waals surface area contributed by atoms with Gasteiger partial charge in [0, 0.05) is 19.3 Å². The smallest absolute Gasteiger partial charge is 0.306 e. The van der Waals surface area contributed by atoms with Gasteiger partial charge < -0.3 is 14.2 Å². The Bertz CT molecular complexity index is 1340. The monoisotopic (exact) mass is 1120 g/mol. The van der Waals surface area contributed by atoms with Crippen molar-refractivity contribution >= 4 is 17.9 Å². The van der Waals surface area contributed by atoms with Gasteiger partial charge in [-0.1, -0.05) is 359 Å². The third-order valence-corrected chi connectivity index (χ3v) is 16.4. The molecule has 1 atom stereocenters. The molecule has 6 nitrogen and oxygen atoms in total. The molecule has 0 fully saturated rings. The first-order chi connectivity index (χ1) is 39.5. The lowest BCUT2D eigenvalue weighted by molar-refractivity contribution is -0.167. The number of allylic oxidation sites excluding steroid dienone is 6. The van der Waals surface area contributed by atoms with Crippen LogP contribution in [0.25, 0.3) is 0 Å². The maximum absolute atomic E-state index is 13.0. The predicted octanol–water partition coefficient (Wildman–Crippen LogP) is 24.7. The number of carbonyl (C=O) groups excluding carboxylic acids is 3. The van der Waals surface area contributed by atoms with Crippen molar-refractivity contribution in [1.29, 1.82) is 0 Å². The summed E-state index contributed by atoms with van der Waals surface area (Å²) in [6, 6.07) is 0. The number of rotatable bonds is 67. The van der Waals surface area contributed by atoms with E-state index in [1.54, 1.807) is 0 Å². The van der Waals surface area contributed by atoms with Gasteiger partial charge in [0.25, 0.3) is 0 Å². The lowest BCUT2D eigenvalue weighted by Crippen LogP contribution is -2.30. The second-order valence-corrected chi connectivity index (χ2v) is 24.5. The van der Waals surface area contributed by atoms with E-state index in [0.29, 0.717) is 19.3 Å². The molecule has 0 heterocycles. The minimum absolute atomic E-state index is 0.0716. The largest absolute Gasteiger partial charge is 0.462 e. The Morgan fingerprint density at radius 1 is 0.250 bits per heavy atom. The summed E-state index contributed by atoms with van der Waals surface area (Å²) in [5.41, 5.74) is 0. The highest BCUT2D eigenvalue weighted by atomic mass is 16.6. The zero-order valence-electron chi connectivity index (χ0n) is 54.1. The molecule has 0 amide bonds. The molecule has 470 valence electrons. The van der Waals surface area contributed by atoms with Crippen LogP contribution < -0.4 is 0 Å². The van der Waals surface area contributed by atoms with Crippen LogP contribution in [0.1, 0.15) is 400 Å². The summed E-state index contributed by atoms with van der Waals surface area (Å²) < 4.78 is 17.0. The SMILES string of the molecule is CCCCCCC/C=C\C/C=C\C/C=C\CCCCCCCCC(=O)OC(COC(=O)CCCCCCCCCCCCCCCCCCCCC)COC(=O)CCCCCCCCCCCCCCCCCCCCCCCC. The topological polar surface area (TPSA) is 78.9 Å². The maximum atomic E-state index is 13.0. The van der Waals surface area contributed by atoms with E-state index in [9.17, 15) is 14.4 Å². The second-order valence-electron chi connectivity index (χ2n) is 24.5. The van der Waals surface area contributed by atoms with E-state index in [4.69, 9.17) is 14.2 Å². The van der Waals surface area contributed by atoms with Crippen molar-refractivity contribution in [3.8, 4) is 0 Å². The molecule has 0 rings (SSSR count). The molecule has 0 saturated carbocycles. The van der Waals surface area contributed by atoms with Crippen LogP contribution in [0.4, 0.5) is 0 Å². The third kappa shape index (κ3) is 66.4. The fourth-order valence-electron chi connectivity index (χ4n) is 11.0. The summed E-state index contributed by atoms with van der Waals surface area (Å²) in [6.45, 7) is 6.71. The fraction of sp³-hybridized carbons (Fsp3) is 0.878. The highest BCUT2D eigenvalue weighted by molar-refractivity contribution is 5.71. The molecule has 0 aliphatic carbocycles. The van der Waals surface area contributed by atoms with E-state index in [1.165, 1.54) is 283 Å². The molecular formula is C74H138O6. The number of hydrogen-bond acceptors (Lipinski definition) is 6. The molecule has 0 radical (unpaired) electrons. The van der Waals surface area contributed by atoms with Crippen LogP contribution in [0.3, 0.4) is 0 Å². The van der Waals surface area contributed by atoms with Crippen LogP contribution in [0, 0.1) is 0 Å². The molecule has 0 bridgehead atoms. The summed E-state index contributed by atoms with van der Waals surface area (Å²) in [6.07, 6.45) is 86.0. The van der Waals surface area contributed by atoms with Gasteiger partial charge in [0.15, 0.2) is 6.10 Å². The van der Waals surface area contributed by atoms with E-state index in [0.717, 1.165) is 77.0 Å². The van der Waals surface area contributed by atoms with Crippen LogP contribution in [0.2, 0.25) is 0 Å². The first-order valence-corrected chi connectivity index (χ1v) is 36.0. The van der Waals surface area contributed by atoms with Gasteiger partial charge in [0.1, 0.15) is 13.2 Å². The Labute approximate surface area is 499 Å². The zero-order valence-corrected chi connectivity index (χ0v) is 54.1. The summed E-state index contributed by atoms with van der Waals surface area (Å²) in [4.78, 5) is 38.5. The Balaban J connectivity index is 4.33. The van der Waals surface area contributed by atoms with Gasteiger partial charge in [-0.15, -0.1) is 0 Å². The molecule has 0 aliphatic heterocycles. The average Bonchev–Trinajstić information content (AvgIpc) is 3.46. The molecular weight excluding hydrogens is 985 g/mol. The van der Waals surface area contributed by atoms with Gasteiger partial charge in [-0.2, -0.15) is 0 Å². The van der Waals surface area contributed by atoms with Crippen LogP contribution in [0.5, 0.6) is 0 Å². The molecule has 0 spiro atoms. The highest BCUT2D eigenvalue weighted by Gasteiger charge is 2.19. The molecule has 1 unspecified atom stereocenters. The van der Waals surface area contributed by atoms with Crippen molar-refractivity contribution in [3.63, 3.8) is 0 Å². The molecule has 0 aromatic heterocycles. The number of carbonyl (C=O) groups is 3. The van der Waals surface area contributed by atoms with Crippen molar-refractivity contribution in [2.24, 2.45) is 0 Å². The van der Waals surface area contributed by atoms with Gasteiger partial charge in [-0.25, -0.2) is 0 Å². The lowest BCUT2D eigenvalue weighted by atomic mass is 10.0. The predicted molar refractivity (Wildman–Crippen MR) is 349 cm³/mol. The standard InChI is InChI=1S/C74H138O6/c1-4-7-10-13-16-19-22-25-28-31-34-36-38-40-43-46-49-52-55-58-61-64-67-73(76)79-70-71(69-78-72(75)66-63-60-57-54-51-48-45-42-39-33-30-27-24-21-18-15-12-9-6-3)80-74(77)68-65-62-59-56-53-50-47-44-41-37-35-32-29-26-23-20-17-14-11-8-5-2/h23,26,32,35,41,44,71H,4-22,24-25,27-31,33-34,36-40,42-43,45-70H2,1-3H3/b26-23-,35-32-,44-41-. The average molecular weight is 1120 g/mol. The minimum atomic E-state index is -0.777. The van der Waals surface area contributed by atoms with E-state index < -0.39 is 6.10 Å². The third-order valence-electron chi connectivity index (χ3n) is 16.4. The fourth-order valence-corrected chi connectivity index (χ4v) is 11.0. The van der Waals surface area contributed by atoms with Crippen LogP contribution in [0.15, 0.2) is 36.5 Å². The first kappa shape index (κ1) is 77.6.